The topological polar surface area (TPSA) is 61.2 Å². The number of aromatic nitrogens is 3. The Labute approximate surface area is 148 Å². The average molecular weight is 342 g/mol. The van der Waals surface area contributed by atoms with E-state index >= 15 is 0 Å². The molecule has 0 unspecified atom stereocenters. The molecule has 0 aliphatic carbocycles. The molecule has 2 atom stereocenters. The lowest BCUT2D eigenvalue weighted by molar-refractivity contribution is 0.254. The van der Waals surface area contributed by atoms with Crippen molar-refractivity contribution < 1.29 is 9.47 Å². The third kappa shape index (κ3) is 3.11. The highest BCUT2D eigenvalue weighted by atomic mass is 16.5. The van der Waals surface area contributed by atoms with Crippen LogP contribution in [-0.4, -0.2) is 34.0 Å². The van der Waals surface area contributed by atoms with Gasteiger partial charge in [0.1, 0.15) is 29.3 Å². The number of nitrogens with zero attached hydrogens (tertiary/aromatic N) is 3. The van der Waals surface area contributed by atoms with Gasteiger partial charge in [-0.1, -0.05) is 6.92 Å². The molecule has 6 nitrogen and oxygen atoms in total. The number of methoxy groups -OCH3 is 1. The van der Waals surface area contributed by atoms with Gasteiger partial charge in [0.25, 0.3) is 0 Å². The largest absolute Gasteiger partial charge is 0.496 e. The van der Waals surface area contributed by atoms with Crippen LogP contribution in [0.4, 0.5) is 0 Å². The van der Waals surface area contributed by atoms with Gasteiger partial charge in [-0.3, -0.25) is 0 Å². The Kier molecular flexibility index (Phi) is 4.37. The van der Waals surface area contributed by atoms with E-state index in [1.54, 1.807) is 7.11 Å². The molecule has 0 bridgehead atoms. The first kappa shape index (κ1) is 16.4. The Hall–Kier alpha value is -2.08. The molecule has 0 spiro atoms. The lowest BCUT2D eigenvalue weighted by Crippen LogP contribution is -2.37. The first-order chi connectivity index (χ1) is 12.2. The SMILES string of the molecule is CCc1nnc2n1C[C@@H](NCc1cc3c(cc1OC)C[C@H](C)O3)CC2. The fraction of sp³-hybridized carbons (Fsp3) is 0.579. The maximum Gasteiger partial charge on any atom is 0.133 e. The van der Waals surface area contributed by atoms with Gasteiger partial charge in [-0.15, -0.1) is 10.2 Å². The van der Waals surface area contributed by atoms with Gasteiger partial charge in [0.05, 0.1) is 7.11 Å². The zero-order chi connectivity index (χ0) is 17.4. The normalized spacial score (nSPS) is 21.6. The van der Waals surface area contributed by atoms with E-state index in [0.717, 1.165) is 67.5 Å². The number of hydrogen-bond donors (Lipinski definition) is 1. The molecule has 0 saturated carbocycles. The van der Waals surface area contributed by atoms with E-state index in [-0.39, 0.29) is 6.10 Å². The number of nitrogens with one attached hydrogen (secondary N) is 1. The molecule has 2 aliphatic rings. The second kappa shape index (κ2) is 6.67. The monoisotopic (exact) mass is 342 g/mol. The highest BCUT2D eigenvalue weighted by Crippen LogP contribution is 2.35. The lowest BCUT2D eigenvalue weighted by atomic mass is 10.0. The minimum Gasteiger partial charge on any atom is -0.496 e. The summed E-state index contributed by atoms with van der Waals surface area (Å²) in [7, 11) is 1.74. The summed E-state index contributed by atoms with van der Waals surface area (Å²) in [5.74, 6) is 4.15. The van der Waals surface area contributed by atoms with Crippen LogP contribution in [0.2, 0.25) is 0 Å². The number of benzene rings is 1. The van der Waals surface area contributed by atoms with Gasteiger partial charge in [0.2, 0.25) is 0 Å². The van der Waals surface area contributed by atoms with E-state index in [1.807, 2.05) is 0 Å². The van der Waals surface area contributed by atoms with Crippen LogP contribution in [0, 0.1) is 0 Å². The van der Waals surface area contributed by atoms with Crippen LogP contribution in [0.25, 0.3) is 0 Å². The molecular formula is C19H26N4O2. The van der Waals surface area contributed by atoms with Gasteiger partial charge in [-0.2, -0.15) is 0 Å². The van der Waals surface area contributed by atoms with E-state index < -0.39 is 0 Å². The van der Waals surface area contributed by atoms with Crippen molar-refractivity contribution in [3.8, 4) is 11.5 Å². The lowest BCUT2D eigenvalue weighted by Gasteiger charge is -2.25. The van der Waals surface area contributed by atoms with Crippen molar-refractivity contribution in [1.29, 1.82) is 0 Å². The highest BCUT2D eigenvalue weighted by molar-refractivity contribution is 5.48. The van der Waals surface area contributed by atoms with Gasteiger partial charge < -0.3 is 19.4 Å². The summed E-state index contributed by atoms with van der Waals surface area (Å²) in [4.78, 5) is 0. The Morgan fingerprint density at radius 3 is 3.04 bits per heavy atom. The molecule has 2 aromatic rings. The van der Waals surface area contributed by atoms with E-state index in [4.69, 9.17) is 9.47 Å². The predicted octanol–water partition coefficient (Wildman–Crippen LogP) is 2.28. The summed E-state index contributed by atoms with van der Waals surface area (Å²) in [6.45, 7) is 5.95. The summed E-state index contributed by atoms with van der Waals surface area (Å²) >= 11 is 0. The zero-order valence-electron chi connectivity index (χ0n) is 15.2. The first-order valence-corrected chi connectivity index (χ1v) is 9.18. The summed E-state index contributed by atoms with van der Waals surface area (Å²) in [5.41, 5.74) is 2.40. The molecule has 1 aromatic carbocycles. The van der Waals surface area contributed by atoms with Crippen molar-refractivity contribution in [2.75, 3.05) is 7.11 Å². The van der Waals surface area contributed by atoms with Gasteiger partial charge in [-0.05, 0) is 25.5 Å². The molecule has 0 amide bonds. The summed E-state index contributed by atoms with van der Waals surface area (Å²) in [5, 5.41) is 12.3. The third-order valence-electron chi connectivity index (χ3n) is 5.22. The average Bonchev–Trinajstić information content (AvgIpc) is 3.19. The van der Waals surface area contributed by atoms with Crippen LogP contribution in [0.15, 0.2) is 12.1 Å². The fourth-order valence-corrected chi connectivity index (χ4v) is 3.88. The van der Waals surface area contributed by atoms with Gasteiger partial charge in [-0.25, -0.2) is 0 Å². The number of rotatable bonds is 5. The fourth-order valence-electron chi connectivity index (χ4n) is 3.88. The highest BCUT2D eigenvalue weighted by Gasteiger charge is 2.24. The molecule has 6 heteroatoms. The van der Waals surface area contributed by atoms with Crippen LogP contribution >= 0.6 is 0 Å². The van der Waals surface area contributed by atoms with Crippen LogP contribution in [0.1, 0.15) is 43.0 Å². The second-order valence-corrected chi connectivity index (χ2v) is 7.02. The smallest absolute Gasteiger partial charge is 0.133 e. The van der Waals surface area contributed by atoms with Gasteiger partial charge in [0.15, 0.2) is 0 Å². The number of hydrogen-bond acceptors (Lipinski definition) is 5. The minimum atomic E-state index is 0.251. The Bertz CT molecular complexity index is 758. The van der Waals surface area contributed by atoms with Gasteiger partial charge in [0, 0.05) is 49.5 Å². The molecule has 134 valence electrons. The zero-order valence-corrected chi connectivity index (χ0v) is 15.2. The molecule has 0 fully saturated rings. The van der Waals surface area contributed by atoms with E-state index in [2.05, 4.69) is 46.1 Å². The van der Waals surface area contributed by atoms with Crippen LogP contribution in [0.3, 0.4) is 0 Å². The van der Waals surface area contributed by atoms with E-state index in [1.165, 1.54) is 5.56 Å². The molecule has 0 saturated heterocycles. The van der Waals surface area contributed by atoms with Gasteiger partial charge >= 0.3 is 0 Å². The molecule has 3 heterocycles. The Morgan fingerprint density at radius 2 is 2.24 bits per heavy atom. The summed E-state index contributed by atoms with van der Waals surface area (Å²) in [6.07, 6.45) is 4.20. The maximum atomic E-state index is 5.90. The van der Waals surface area contributed by atoms with Crippen molar-refractivity contribution in [2.45, 2.75) is 64.8 Å². The maximum absolute atomic E-state index is 5.90. The standard InChI is InChI=1S/C19H26N4O2/c1-4-18-21-22-19-6-5-15(11-23(18)19)20-10-14-9-17-13(7-12(2)25-17)8-16(14)24-3/h8-9,12,15,20H,4-7,10-11H2,1-3H3/t12-,15-/m0/s1. The molecular weight excluding hydrogens is 316 g/mol. The van der Waals surface area contributed by atoms with Crippen LogP contribution in [0.5, 0.6) is 11.5 Å². The van der Waals surface area contributed by atoms with Crippen molar-refractivity contribution in [3.05, 3.63) is 34.9 Å². The summed E-state index contributed by atoms with van der Waals surface area (Å²) < 4.78 is 13.8. The van der Waals surface area contributed by atoms with Crippen molar-refractivity contribution in [1.82, 2.24) is 20.1 Å². The number of ether oxygens (including phenoxy) is 2. The van der Waals surface area contributed by atoms with Crippen molar-refractivity contribution in [2.24, 2.45) is 0 Å². The van der Waals surface area contributed by atoms with Crippen molar-refractivity contribution in [3.63, 3.8) is 0 Å². The quantitative estimate of drug-likeness (QED) is 0.903. The first-order valence-electron chi connectivity index (χ1n) is 9.18. The molecule has 1 N–H and O–H groups in total. The molecule has 2 aliphatic heterocycles. The number of fused-ring (bicyclic) bond motifs is 2. The summed E-state index contributed by atoms with van der Waals surface area (Å²) in [6, 6.07) is 4.69. The number of aryl methyl sites for hydroxylation is 2. The molecule has 1 aromatic heterocycles. The third-order valence-corrected chi connectivity index (χ3v) is 5.22. The predicted molar refractivity (Wildman–Crippen MR) is 95.1 cm³/mol. The van der Waals surface area contributed by atoms with Crippen molar-refractivity contribution >= 4 is 0 Å². The van der Waals surface area contributed by atoms with Crippen LogP contribution in [-0.2, 0) is 32.4 Å². The van der Waals surface area contributed by atoms with E-state index in [9.17, 15) is 0 Å². The molecule has 25 heavy (non-hydrogen) atoms. The molecule has 0 radical (unpaired) electrons. The minimum absolute atomic E-state index is 0.251. The molecule has 4 rings (SSSR count). The Balaban J connectivity index is 1.46. The van der Waals surface area contributed by atoms with E-state index in [0.29, 0.717) is 6.04 Å². The van der Waals surface area contributed by atoms with Crippen LogP contribution < -0.4 is 14.8 Å². The Morgan fingerprint density at radius 1 is 1.36 bits per heavy atom. The second-order valence-electron chi connectivity index (χ2n) is 7.02.